The van der Waals surface area contributed by atoms with E-state index in [4.69, 9.17) is 43.1 Å². The van der Waals surface area contributed by atoms with Crippen molar-refractivity contribution in [1.29, 1.82) is 5.26 Å². The third-order valence-corrected chi connectivity index (χ3v) is 6.07. The summed E-state index contributed by atoms with van der Waals surface area (Å²) in [5.41, 5.74) is 7.96. The van der Waals surface area contributed by atoms with Gasteiger partial charge >= 0.3 is 5.97 Å². The highest BCUT2D eigenvalue weighted by Crippen LogP contribution is 2.45. The van der Waals surface area contributed by atoms with Crippen LogP contribution in [0.4, 0.5) is 0 Å². The van der Waals surface area contributed by atoms with E-state index in [1.807, 2.05) is 0 Å². The first-order valence-corrected chi connectivity index (χ1v) is 11.8. The van der Waals surface area contributed by atoms with Crippen LogP contribution in [-0.2, 0) is 0 Å². The molecule has 0 bridgehead atoms. The Bertz CT molecular complexity index is 1350. The summed E-state index contributed by atoms with van der Waals surface area (Å²) in [7, 11) is 0. The minimum Gasteiger partial charge on any atom is -0.494 e. The van der Waals surface area contributed by atoms with E-state index in [1.54, 1.807) is 60.7 Å². The summed E-state index contributed by atoms with van der Waals surface area (Å²) in [6.45, 7) is 2.66. The average molecular weight is 509 g/mol. The number of unbranched alkanes of at least 4 members (excludes halogenated alkanes) is 1. The largest absolute Gasteiger partial charge is 0.494 e. The van der Waals surface area contributed by atoms with Crippen LogP contribution < -0.4 is 19.9 Å². The van der Waals surface area contributed by atoms with E-state index < -0.39 is 11.9 Å². The standard InChI is InChI=1S/C27H22Cl2N2O4/c1-2-3-11-33-18-6-4-5-16(12-18)27(32)34-19-8-10-21-24(14-19)35-26(31)22(15-30)25(21)20-9-7-17(28)13-23(20)29/h4-10,12-14,25H,2-3,11,31H2,1H3. The van der Waals surface area contributed by atoms with Crippen LogP contribution in [0.3, 0.4) is 0 Å². The van der Waals surface area contributed by atoms with E-state index in [1.165, 1.54) is 0 Å². The van der Waals surface area contributed by atoms with Crippen molar-refractivity contribution in [3.63, 3.8) is 0 Å². The Kier molecular flexibility index (Phi) is 7.50. The molecule has 35 heavy (non-hydrogen) atoms. The number of carbonyl (C=O) groups is 1. The molecule has 2 N–H and O–H groups in total. The maximum atomic E-state index is 12.8. The number of rotatable bonds is 7. The maximum absolute atomic E-state index is 12.8. The van der Waals surface area contributed by atoms with Gasteiger partial charge in [0, 0.05) is 21.7 Å². The normalized spacial score (nSPS) is 14.5. The number of nitrogens with two attached hydrogens (primary N) is 1. The molecule has 1 aliphatic heterocycles. The number of ether oxygens (including phenoxy) is 3. The number of nitrogens with zero attached hydrogens (tertiary/aromatic N) is 1. The van der Waals surface area contributed by atoms with Gasteiger partial charge in [-0.3, -0.25) is 0 Å². The molecule has 3 aromatic rings. The SMILES string of the molecule is CCCCOc1cccc(C(=O)Oc2ccc3c(c2)OC(N)=C(C#N)C3c2ccc(Cl)cc2Cl)c1. The lowest BCUT2D eigenvalue weighted by Gasteiger charge is -2.27. The summed E-state index contributed by atoms with van der Waals surface area (Å²) in [5.74, 6) is 0.0813. The smallest absolute Gasteiger partial charge is 0.343 e. The predicted octanol–water partition coefficient (Wildman–Crippen LogP) is 6.61. The zero-order valence-corrected chi connectivity index (χ0v) is 20.4. The summed E-state index contributed by atoms with van der Waals surface area (Å²) in [5, 5.41) is 10.6. The van der Waals surface area contributed by atoms with Gasteiger partial charge in [-0.15, -0.1) is 0 Å². The lowest BCUT2D eigenvalue weighted by atomic mass is 9.83. The number of nitriles is 1. The van der Waals surface area contributed by atoms with Crippen LogP contribution in [-0.4, -0.2) is 12.6 Å². The Balaban J connectivity index is 1.61. The third-order valence-electron chi connectivity index (χ3n) is 5.51. The van der Waals surface area contributed by atoms with Crippen LogP contribution in [0, 0.1) is 11.3 Å². The van der Waals surface area contributed by atoms with E-state index in [0.29, 0.717) is 44.8 Å². The van der Waals surface area contributed by atoms with Crippen molar-refractivity contribution in [3.8, 4) is 23.3 Å². The summed E-state index contributed by atoms with van der Waals surface area (Å²) in [4.78, 5) is 12.8. The Morgan fingerprint density at radius 1 is 1.09 bits per heavy atom. The highest BCUT2D eigenvalue weighted by Gasteiger charge is 2.32. The number of halogens is 2. The average Bonchev–Trinajstić information content (AvgIpc) is 2.84. The lowest BCUT2D eigenvalue weighted by Crippen LogP contribution is -2.21. The zero-order chi connectivity index (χ0) is 24.9. The van der Waals surface area contributed by atoms with Crippen LogP contribution in [0.1, 0.15) is 47.2 Å². The minimum atomic E-state index is -0.560. The van der Waals surface area contributed by atoms with Crippen molar-refractivity contribution in [1.82, 2.24) is 0 Å². The van der Waals surface area contributed by atoms with Gasteiger partial charge < -0.3 is 19.9 Å². The molecule has 1 unspecified atom stereocenters. The first-order chi connectivity index (χ1) is 16.9. The Labute approximate surface area is 213 Å². The fourth-order valence-corrected chi connectivity index (χ4v) is 4.29. The predicted molar refractivity (Wildman–Crippen MR) is 134 cm³/mol. The highest BCUT2D eigenvalue weighted by molar-refractivity contribution is 6.35. The van der Waals surface area contributed by atoms with E-state index in [-0.39, 0.29) is 17.2 Å². The molecule has 3 aromatic carbocycles. The summed E-state index contributed by atoms with van der Waals surface area (Å²) in [6.07, 6.45) is 1.94. The molecule has 1 atom stereocenters. The molecule has 1 heterocycles. The number of benzene rings is 3. The molecule has 0 aliphatic carbocycles. The molecule has 0 aromatic heterocycles. The molecule has 0 fully saturated rings. The van der Waals surface area contributed by atoms with Gasteiger partial charge in [0.25, 0.3) is 0 Å². The van der Waals surface area contributed by atoms with E-state index in [2.05, 4.69) is 13.0 Å². The number of allylic oxidation sites excluding steroid dienone is 1. The molecule has 0 radical (unpaired) electrons. The molecular weight excluding hydrogens is 487 g/mol. The Morgan fingerprint density at radius 2 is 1.89 bits per heavy atom. The van der Waals surface area contributed by atoms with Crippen LogP contribution in [0.5, 0.6) is 17.2 Å². The van der Waals surface area contributed by atoms with Gasteiger partial charge in [-0.2, -0.15) is 5.26 Å². The lowest BCUT2D eigenvalue weighted by molar-refractivity contribution is 0.0734. The van der Waals surface area contributed by atoms with Crippen molar-refractivity contribution in [3.05, 3.63) is 98.9 Å². The van der Waals surface area contributed by atoms with Gasteiger partial charge in [0.15, 0.2) is 0 Å². The van der Waals surface area contributed by atoms with Gasteiger partial charge in [0.2, 0.25) is 5.88 Å². The summed E-state index contributed by atoms with van der Waals surface area (Å²) in [6, 6.07) is 18.9. The molecular formula is C27H22Cl2N2O4. The third kappa shape index (κ3) is 5.37. The number of carbonyl (C=O) groups excluding carboxylic acids is 1. The topological polar surface area (TPSA) is 94.6 Å². The van der Waals surface area contributed by atoms with Crippen LogP contribution in [0.25, 0.3) is 0 Å². The monoisotopic (exact) mass is 508 g/mol. The molecule has 0 spiro atoms. The maximum Gasteiger partial charge on any atom is 0.343 e. The van der Waals surface area contributed by atoms with Gasteiger partial charge in [-0.25, -0.2) is 4.79 Å². The second kappa shape index (κ2) is 10.7. The minimum absolute atomic E-state index is 0.0450. The quantitative estimate of drug-likeness (QED) is 0.219. The molecule has 4 rings (SSSR count). The van der Waals surface area contributed by atoms with E-state index in [9.17, 15) is 10.1 Å². The first kappa shape index (κ1) is 24.5. The molecule has 6 nitrogen and oxygen atoms in total. The second-order valence-corrected chi connectivity index (χ2v) is 8.75. The fraction of sp³-hybridized carbons (Fsp3) is 0.185. The van der Waals surface area contributed by atoms with Crippen molar-refractivity contribution in [2.75, 3.05) is 6.61 Å². The van der Waals surface area contributed by atoms with Crippen LogP contribution in [0.15, 0.2) is 72.1 Å². The molecule has 0 saturated carbocycles. The van der Waals surface area contributed by atoms with Crippen LogP contribution in [0.2, 0.25) is 10.0 Å². The fourth-order valence-electron chi connectivity index (χ4n) is 3.77. The highest BCUT2D eigenvalue weighted by atomic mass is 35.5. The zero-order valence-electron chi connectivity index (χ0n) is 18.9. The van der Waals surface area contributed by atoms with Gasteiger partial charge in [0.05, 0.1) is 18.1 Å². The van der Waals surface area contributed by atoms with Crippen LogP contribution >= 0.6 is 23.2 Å². The van der Waals surface area contributed by atoms with Crippen molar-refractivity contribution < 1.29 is 19.0 Å². The van der Waals surface area contributed by atoms with E-state index >= 15 is 0 Å². The van der Waals surface area contributed by atoms with E-state index in [0.717, 1.165) is 12.8 Å². The Morgan fingerprint density at radius 3 is 2.63 bits per heavy atom. The molecule has 1 aliphatic rings. The van der Waals surface area contributed by atoms with Gasteiger partial charge in [-0.1, -0.05) is 54.7 Å². The van der Waals surface area contributed by atoms with Crippen molar-refractivity contribution in [2.24, 2.45) is 5.73 Å². The summed E-state index contributed by atoms with van der Waals surface area (Å²) >= 11 is 12.5. The molecule has 178 valence electrons. The van der Waals surface area contributed by atoms with Crippen molar-refractivity contribution >= 4 is 29.2 Å². The molecule has 0 amide bonds. The van der Waals surface area contributed by atoms with Gasteiger partial charge in [-0.05, 0) is 48.4 Å². The van der Waals surface area contributed by atoms with Gasteiger partial charge in [0.1, 0.15) is 28.9 Å². The second-order valence-electron chi connectivity index (χ2n) is 7.91. The first-order valence-electron chi connectivity index (χ1n) is 11.0. The van der Waals surface area contributed by atoms with Crippen molar-refractivity contribution in [2.45, 2.75) is 25.7 Å². The molecule has 8 heteroatoms. The molecule has 0 saturated heterocycles. The number of fused-ring (bicyclic) bond motifs is 1. The number of esters is 1. The Hall–Kier alpha value is -3.66. The number of hydrogen-bond donors (Lipinski definition) is 1. The number of hydrogen-bond acceptors (Lipinski definition) is 6. The summed E-state index contributed by atoms with van der Waals surface area (Å²) < 4.78 is 17.0.